The van der Waals surface area contributed by atoms with Crippen LogP contribution in [0.3, 0.4) is 0 Å². The third-order valence-electron chi connectivity index (χ3n) is 1.36. The van der Waals surface area contributed by atoms with E-state index >= 15 is 0 Å². The minimum absolute atomic E-state index is 2.57. The zero-order valence-electron chi connectivity index (χ0n) is 5.43. The van der Waals surface area contributed by atoms with E-state index in [1.807, 2.05) is 0 Å². The third-order valence-corrected chi connectivity index (χ3v) is 1.60. The highest BCUT2D eigenvalue weighted by atomic mass is 35.5. The van der Waals surface area contributed by atoms with Crippen LogP contribution in [-0.2, 0) is 4.74 Å². The molecule has 0 saturated carbocycles. The lowest BCUT2D eigenvalue weighted by atomic mass is 10.2. The van der Waals surface area contributed by atoms with Crippen molar-refractivity contribution in [2.75, 3.05) is 0 Å². The van der Waals surface area contributed by atoms with E-state index in [2.05, 4.69) is 16.3 Å². The predicted octanol–water partition coefficient (Wildman–Crippen LogP) is 2.74. The van der Waals surface area contributed by atoms with Crippen LogP contribution in [0.4, 0.5) is 30.7 Å². The Morgan fingerprint density at radius 3 is 1.38 bits per heavy atom. The number of hydrogen-bond donors (Lipinski definition) is 0. The molecule has 0 aliphatic carbocycles. The molecule has 0 aromatic rings. The van der Waals surface area contributed by atoms with Crippen LogP contribution in [0.25, 0.3) is 0 Å². The quantitative estimate of drug-likeness (QED) is 0.405. The van der Waals surface area contributed by atoms with Crippen LogP contribution in [-0.4, -0.2) is 23.3 Å². The molecule has 1 heterocycles. The maximum Gasteiger partial charge on any atom is 0.424 e. The van der Waals surface area contributed by atoms with E-state index in [1.165, 1.54) is 0 Å². The molecule has 0 aromatic carbocycles. The van der Waals surface area contributed by atoms with Gasteiger partial charge >= 0.3 is 23.3 Å². The van der Waals surface area contributed by atoms with Crippen LogP contribution in [0.5, 0.6) is 0 Å². The molecular weight excluding hydrogens is 232 g/mol. The fraction of sp³-hybridized carbons (Fsp3) is 1.00. The van der Waals surface area contributed by atoms with Gasteiger partial charge in [0.1, 0.15) is 0 Å². The van der Waals surface area contributed by atoms with Gasteiger partial charge in [-0.15, -0.1) is 0 Å². The molecule has 0 radical (unpaired) electrons. The van der Waals surface area contributed by atoms with Crippen molar-refractivity contribution in [2.24, 2.45) is 0 Å². The van der Waals surface area contributed by atoms with Crippen molar-refractivity contribution in [1.82, 2.24) is 0 Å². The molecule has 1 nitrogen and oxygen atoms in total. The Morgan fingerprint density at radius 1 is 1.00 bits per heavy atom. The average molecular weight is 232 g/mol. The number of hydrogen-bond acceptors (Lipinski definition) is 1. The molecule has 9 heteroatoms. The Hall–Kier alpha value is -0.240. The number of halogens is 8. The molecule has 1 atom stereocenters. The van der Waals surface area contributed by atoms with Gasteiger partial charge in [-0.3, -0.25) is 4.74 Å². The fourth-order valence-corrected chi connectivity index (χ4v) is 0.702. The molecule has 0 aromatic heterocycles. The van der Waals surface area contributed by atoms with Gasteiger partial charge in [-0.1, -0.05) is 0 Å². The number of epoxide rings is 1. The molecule has 0 spiro atoms. The number of alkyl halides is 8. The monoisotopic (exact) mass is 232 g/mol. The molecule has 0 unspecified atom stereocenters. The van der Waals surface area contributed by atoms with E-state index in [4.69, 9.17) is 0 Å². The first-order valence-electron chi connectivity index (χ1n) is 2.67. The molecule has 0 amide bonds. The lowest BCUT2D eigenvalue weighted by Crippen LogP contribution is -2.49. The van der Waals surface area contributed by atoms with Crippen molar-refractivity contribution < 1.29 is 35.5 Å². The van der Waals surface area contributed by atoms with Gasteiger partial charge in [-0.05, 0) is 11.6 Å². The van der Waals surface area contributed by atoms with Crippen molar-refractivity contribution >= 4 is 11.6 Å². The first-order chi connectivity index (χ1) is 5.46. The van der Waals surface area contributed by atoms with Gasteiger partial charge in [0.25, 0.3) is 0 Å². The third kappa shape index (κ3) is 1.18. The first-order valence-corrected chi connectivity index (χ1v) is 3.05. The van der Waals surface area contributed by atoms with Gasteiger partial charge in [0, 0.05) is 0 Å². The molecule has 1 aliphatic heterocycles. The fourth-order valence-electron chi connectivity index (χ4n) is 0.580. The molecule has 0 bridgehead atoms. The summed E-state index contributed by atoms with van der Waals surface area (Å²) in [7, 11) is 0. The van der Waals surface area contributed by atoms with Crippen LogP contribution < -0.4 is 0 Å². The van der Waals surface area contributed by atoms with Crippen molar-refractivity contribution in [1.29, 1.82) is 0 Å². The average Bonchev–Trinajstić information content (AvgIpc) is 2.31. The Labute approximate surface area is 71.4 Å². The zero-order valence-corrected chi connectivity index (χ0v) is 6.19. The normalized spacial score (nSPS) is 33.2. The molecule has 0 N–H and O–H groups in total. The van der Waals surface area contributed by atoms with Gasteiger partial charge in [0.15, 0.2) is 0 Å². The lowest BCUT2D eigenvalue weighted by molar-refractivity contribution is -0.236. The summed E-state index contributed by atoms with van der Waals surface area (Å²) in [5.74, 6) is -10.8. The smallest absolute Gasteiger partial charge is 0.265 e. The Balaban J connectivity index is 2.97. The highest BCUT2D eigenvalue weighted by molar-refractivity contribution is 6.22. The lowest BCUT2D eigenvalue weighted by Gasteiger charge is -2.21. The van der Waals surface area contributed by atoms with Gasteiger partial charge in [0.2, 0.25) is 0 Å². The van der Waals surface area contributed by atoms with Crippen molar-refractivity contribution in [2.45, 2.75) is 23.3 Å². The summed E-state index contributed by atoms with van der Waals surface area (Å²) in [5.41, 5.74) is 0. The zero-order chi connectivity index (χ0) is 10.7. The summed E-state index contributed by atoms with van der Waals surface area (Å²) in [4.78, 5) is 0. The molecule has 1 aliphatic rings. The minimum Gasteiger partial charge on any atom is -0.265 e. The number of rotatable bonds is 2. The molecule has 1 saturated heterocycles. The summed E-state index contributed by atoms with van der Waals surface area (Å²) in [5, 5.41) is -5.44. The van der Waals surface area contributed by atoms with E-state index < -0.39 is 23.3 Å². The predicted molar refractivity (Wildman–Crippen MR) is 25.6 cm³/mol. The summed E-state index contributed by atoms with van der Waals surface area (Å²) in [6.45, 7) is 0. The Morgan fingerprint density at radius 2 is 1.31 bits per heavy atom. The molecule has 1 rings (SSSR count). The van der Waals surface area contributed by atoms with Crippen LogP contribution in [0.15, 0.2) is 0 Å². The van der Waals surface area contributed by atoms with Crippen molar-refractivity contribution in [3.63, 3.8) is 0 Å². The summed E-state index contributed by atoms with van der Waals surface area (Å²) < 4.78 is 86.1. The summed E-state index contributed by atoms with van der Waals surface area (Å²) in [6.07, 6.45) is -4.94. The Bertz CT molecular complexity index is 235. The van der Waals surface area contributed by atoms with Gasteiger partial charge in [-0.25, -0.2) is 0 Å². The van der Waals surface area contributed by atoms with Crippen LogP contribution in [0.2, 0.25) is 0 Å². The second-order valence-corrected chi connectivity index (χ2v) is 2.76. The van der Waals surface area contributed by atoms with E-state index in [0.717, 1.165) is 0 Å². The second-order valence-electron chi connectivity index (χ2n) is 2.29. The SMILES string of the molecule is FC(F)(Cl)C(F)(F)[C@]1(F)OC1(F)F. The van der Waals surface area contributed by atoms with Crippen molar-refractivity contribution in [3.05, 3.63) is 0 Å². The van der Waals surface area contributed by atoms with E-state index in [1.54, 1.807) is 0 Å². The maximum atomic E-state index is 12.3. The Kier molecular flexibility index (Phi) is 1.85. The highest BCUT2D eigenvalue weighted by Crippen LogP contribution is 2.64. The molecule has 13 heavy (non-hydrogen) atoms. The van der Waals surface area contributed by atoms with E-state index in [-0.39, 0.29) is 0 Å². The summed E-state index contributed by atoms with van der Waals surface area (Å²) >= 11 is 3.74. The minimum atomic E-state index is -5.79. The van der Waals surface area contributed by atoms with Crippen molar-refractivity contribution in [3.8, 4) is 0 Å². The van der Waals surface area contributed by atoms with Crippen LogP contribution in [0, 0.1) is 0 Å². The molecule has 78 valence electrons. The molecular formula is C4ClF7O. The second kappa shape index (κ2) is 2.22. The summed E-state index contributed by atoms with van der Waals surface area (Å²) in [6, 6.07) is 0. The van der Waals surface area contributed by atoms with Crippen LogP contribution >= 0.6 is 11.6 Å². The number of ether oxygens (including phenoxy) is 1. The largest absolute Gasteiger partial charge is 0.424 e. The van der Waals surface area contributed by atoms with E-state index in [0.29, 0.717) is 0 Å². The molecule has 1 fully saturated rings. The topological polar surface area (TPSA) is 12.5 Å². The van der Waals surface area contributed by atoms with Crippen LogP contribution in [0.1, 0.15) is 0 Å². The first kappa shape index (κ1) is 10.8. The van der Waals surface area contributed by atoms with Gasteiger partial charge in [0.05, 0.1) is 0 Å². The van der Waals surface area contributed by atoms with E-state index in [9.17, 15) is 30.7 Å². The van der Waals surface area contributed by atoms with Gasteiger partial charge < -0.3 is 0 Å². The van der Waals surface area contributed by atoms with Gasteiger partial charge in [-0.2, -0.15) is 30.7 Å². The highest BCUT2D eigenvalue weighted by Gasteiger charge is 2.93. The standard InChI is InChI=1S/C4ClF7O/c5-3(9,10)1(6,7)2(8)4(11,12)13-2/t2-/m0/s1. The maximum absolute atomic E-state index is 12.3.